The van der Waals surface area contributed by atoms with Crippen LogP contribution in [0.15, 0.2) is 29.2 Å². The molecule has 18 heavy (non-hydrogen) atoms. The fraction of sp³-hybridized carbons (Fsp3) is 0.600. The molecule has 1 aromatic carbocycles. The molecule has 0 bridgehead atoms. The van der Waals surface area contributed by atoms with Gasteiger partial charge in [-0.2, -0.15) is 0 Å². The van der Waals surface area contributed by atoms with Crippen molar-refractivity contribution in [3.8, 4) is 0 Å². The first-order valence-electron chi connectivity index (χ1n) is 6.62. The molecule has 1 aliphatic rings. The zero-order valence-corrected chi connectivity index (χ0v) is 12.3. The van der Waals surface area contributed by atoms with Crippen molar-refractivity contribution >= 4 is 11.8 Å². The minimum atomic E-state index is 0.162. The quantitative estimate of drug-likeness (QED) is 0.830. The van der Waals surface area contributed by atoms with Gasteiger partial charge in [-0.3, -0.25) is 0 Å². The molecular formula is C15H23NOS. The van der Waals surface area contributed by atoms with E-state index >= 15 is 0 Å². The highest BCUT2D eigenvalue weighted by molar-refractivity contribution is 7.99. The lowest BCUT2D eigenvalue weighted by Gasteiger charge is -2.43. The van der Waals surface area contributed by atoms with Crippen molar-refractivity contribution < 1.29 is 4.74 Å². The van der Waals surface area contributed by atoms with Crippen LogP contribution in [0.25, 0.3) is 0 Å². The monoisotopic (exact) mass is 265 g/mol. The Hall–Kier alpha value is -0.510. The Morgan fingerprint density at radius 1 is 1.22 bits per heavy atom. The van der Waals surface area contributed by atoms with Crippen LogP contribution in [0.2, 0.25) is 0 Å². The zero-order valence-electron chi connectivity index (χ0n) is 11.5. The van der Waals surface area contributed by atoms with E-state index < -0.39 is 0 Å². The molecule has 1 saturated heterocycles. The number of thioether (sulfide) groups is 1. The summed E-state index contributed by atoms with van der Waals surface area (Å²) in [6.07, 6.45) is 1.00. The van der Waals surface area contributed by atoms with Crippen LogP contribution in [-0.4, -0.2) is 24.5 Å². The molecular weight excluding hydrogens is 242 g/mol. The summed E-state index contributed by atoms with van der Waals surface area (Å²) in [5.74, 6) is 0. The van der Waals surface area contributed by atoms with Gasteiger partial charge in [-0.05, 0) is 31.0 Å². The topological polar surface area (TPSA) is 35.2 Å². The van der Waals surface area contributed by atoms with Crippen molar-refractivity contribution in [1.82, 2.24) is 0 Å². The molecule has 1 fully saturated rings. The van der Waals surface area contributed by atoms with Gasteiger partial charge in [-0.15, -0.1) is 11.8 Å². The maximum atomic E-state index is 5.96. The summed E-state index contributed by atoms with van der Waals surface area (Å²) in [6.45, 7) is 8.13. The summed E-state index contributed by atoms with van der Waals surface area (Å²) in [5, 5.41) is 0.626. The molecule has 1 heterocycles. The van der Waals surface area contributed by atoms with Crippen molar-refractivity contribution in [3.05, 3.63) is 29.8 Å². The van der Waals surface area contributed by atoms with Gasteiger partial charge in [0.1, 0.15) is 0 Å². The van der Waals surface area contributed by atoms with Crippen LogP contribution in [0.1, 0.15) is 32.8 Å². The van der Waals surface area contributed by atoms with Crippen LogP contribution in [0, 0.1) is 0 Å². The molecule has 2 rings (SSSR count). The summed E-state index contributed by atoms with van der Waals surface area (Å²) >= 11 is 1.90. The van der Waals surface area contributed by atoms with Gasteiger partial charge in [-0.1, -0.05) is 26.0 Å². The molecule has 0 aliphatic carbocycles. The molecule has 1 atom stereocenters. The highest BCUT2D eigenvalue weighted by Crippen LogP contribution is 2.37. The van der Waals surface area contributed by atoms with Crippen LogP contribution in [0.5, 0.6) is 0 Å². The first-order valence-corrected chi connectivity index (χ1v) is 7.50. The van der Waals surface area contributed by atoms with Crippen molar-refractivity contribution in [3.63, 3.8) is 0 Å². The maximum absolute atomic E-state index is 5.96. The van der Waals surface area contributed by atoms with E-state index in [0.29, 0.717) is 5.25 Å². The number of benzene rings is 1. The summed E-state index contributed by atoms with van der Waals surface area (Å²) in [5.41, 5.74) is 7.50. The molecule has 1 aromatic rings. The van der Waals surface area contributed by atoms with Crippen molar-refractivity contribution in [2.75, 3.05) is 13.2 Å². The van der Waals surface area contributed by atoms with E-state index in [1.807, 2.05) is 11.8 Å². The van der Waals surface area contributed by atoms with Crippen LogP contribution in [-0.2, 0) is 10.2 Å². The summed E-state index contributed by atoms with van der Waals surface area (Å²) in [4.78, 5) is 1.34. The number of rotatable bonds is 5. The third-order valence-electron chi connectivity index (χ3n) is 3.31. The first-order chi connectivity index (χ1) is 8.52. The fourth-order valence-corrected chi connectivity index (χ4v) is 3.36. The molecule has 2 N–H and O–H groups in total. The predicted molar refractivity (Wildman–Crippen MR) is 78.2 cm³/mol. The Morgan fingerprint density at radius 2 is 1.83 bits per heavy atom. The van der Waals surface area contributed by atoms with Crippen LogP contribution in [0.4, 0.5) is 0 Å². The van der Waals surface area contributed by atoms with E-state index in [1.165, 1.54) is 10.5 Å². The van der Waals surface area contributed by atoms with E-state index in [4.69, 9.17) is 10.5 Å². The second-order valence-corrected chi connectivity index (χ2v) is 7.30. The number of nitrogens with two attached hydrogens (primary N) is 1. The largest absolute Gasteiger partial charge is 0.379 e. The van der Waals surface area contributed by atoms with E-state index in [2.05, 4.69) is 45.0 Å². The standard InChI is InChI=1S/C15H23NOS/c1-11(2)18-14-6-4-13(5-7-14)15(8-12(3)16)9-17-10-15/h4-7,11-12H,8-10,16H2,1-3H3. The lowest BCUT2D eigenvalue weighted by atomic mass is 9.74. The first kappa shape index (κ1) is 13.9. The van der Waals surface area contributed by atoms with Crippen LogP contribution in [0.3, 0.4) is 0 Å². The Balaban J connectivity index is 2.12. The number of hydrogen-bond donors (Lipinski definition) is 1. The highest BCUT2D eigenvalue weighted by atomic mass is 32.2. The Morgan fingerprint density at radius 3 is 2.22 bits per heavy atom. The van der Waals surface area contributed by atoms with Gasteiger partial charge < -0.3 is 10.5 Å². The Bertz CT molecular complexity index is 382. The number of hydrogen-bond acceptors (Lipinski definition) is 3. The van der Waals surface area contributed by atoms with E-state index in [-0.39, 0.29) is 11.5 Å². The van der Waals surface area contributed by atoms with Gasteiger partial charge in [0.25, 0.3) is 0 Å². The summed E-state index contributed by atoms with van der Waals surface area (Å²) in [7, 11) is 0. The Labute approximate surface area is 114 Å². The smallest absolute Gasteiger partial charge is 0.0586 e. The van der Waals surface area contributed by atoms with E-state index in [0.717, 1.165) is 19.6 Å². The fourth-order valence-electron chi connectivity index (χ4n) is 2.53. The van der Waals surface area contributed by atoms with Crippen LogP contribution >= 0.6 is 11.8 Å². The van der Waals surface area contributed by atoms with E-state index in [9.17, 15) is 0 Å². The van der Waals surface area contributed by atoms with Gasteiger partial charge in [0.15, 0.2) is 0 Å². The van der Waals surface area contributed by atoms with Gasteiger partial charge in [0.05, 0.1) is 13.2 Å². The third kappa shape index (κ3) is 3.08. The molecule has 0 aromatic heterocycles. The second kappa shape index (κ2) is 5.64. The molecule has 100 valence electrons. The van der Waals surface area contributed by atoms with Crippen molar-refractivity contribution in [2.45, 2.75) is 48.8 Å². The van der Waals surface area contributed by atoms with Crippen LogP contribution < -0.4 is 5.73 Å². The predicted octanol–water partition coefficient (Wildman–Crippen LogP) is 3.19. The second-order valence-electron chi connectivity index (χ2n) is 5.65. The van der Waals surface area contributed by atoms with Gasteiger partial charge >= 0.3 is 0 Å². The van der Waals surface area contributed by atoms with E-state index in [1.54, 1.807) is 0 Å². The summed E-state index contributed by atoms with van der Waals surface area (Å²) < 4.78 is 5.43. The average Bonchev–Trinajstić information content (AvgIpc) is 2.24. The van der Waals surface area contributed by atoms with Crippen molar-refractivity contribution in [1.29, 1.82) is 0 Å². The van der Waals surface area contributed by atoms with Crippen molar-refractivity contribution in [2.24, 2.45) is 5.73 Å². The molecule has 2 nitrogen and oxygen atoms in total. The maximum Gasteiger partial charge on any atom is 0.0586 e. The lowest BCUT2D eigenvalue weighted by Crippen LogP contribution is -2.49. The minimum Gasteiger partial charge on any atom is -0.379 e. The SMILES string of the molecule is CC(N)CC1(c2ccc(SC(C)C)cc2)COC1. The molecule has 0 saturated carbocycles. The highest BCUT2D eigenvalue weighted by Gasteiger charge is 2.40. The third-order valence-corrected chi connectivity index (χ3v) is 4.32. The molecule has 1 unspecified atom stereocenters. The summed E-state index contributed by atoms with van der Waals surface area (Å²) in [6, 6.07) is 9.16. The zero-order chi connectivity index (χ0) is 13.2. The van der Waals surface area contributed by atoms with Gasteiger partial charge in [-0.25, -0.2) is 0 Å². The molecule has 0 radical (unpaired) electrons. The molecule has 1 aliphatic heterocycles. The Kier molecular flexibility index (Phi) is 4.36. The normalized spacial score (nSPS) is 19.6. The van der Waals surface area contributed by atoms with Gasteiger partial charge in [0.2, 0.25) is 0 Å². The molecule has 0 amide bonds. The number of ether oxygens (including phenoxy) is 1. The molecule has 3 heteroatoms. The molecule has 0 spiro atoms. The lowest BCUT2D eigenvalue weighted by molar-refractivity contribution is -0.0665. The average molecular weight is 265 g/mol. The van der Waals surface area contributed by atoms with Gasteiger partial charge in [0, 0.05) is 21.6 Å². The minimum absolute atomic E-state index is 0.162.